The monoisotopic (exact) mass is 264 g/mol. The van der Waals surface area contributed by atoms with E-state index in [1.165, 1.54) is 44.7 Å². The van der Waals surface area contributed by atoms with E-state index in [4.69, 9.17) is 0 Å². The summed E-state index contributed by atoms with van der Waals surface area (Å²) in [4.78, 5) is 3.92. The number of halogens is 1. The van der Waals surface area contributed by atoms with Crippen LogP contribution < -0.4 is 5.32 Å². The fourth-order valence-corrected chi connectivity index (χ4v) is 3.14. The quantitative estimate of drug-likeness (QED) is 0.861. The molecule has 1 fully saturated rings. The van der Waals surface area contributed by atoms with Gasteiger partial charge in [-0.3, -0.25) is 4.98 Å². The first kappa shape index (κ1) is 14.4. The lowest BCUT2D eigenvalue weighted by Gasteiger charge is -2.31. The number of rotatable bonds is 5. The molecule has 1 aromatic rings. The summed E-state index contributed by atoms with van der Waals surface area (Å²) in [5.41, 5.74) is 0.940. The topological polar surface area (TPSA) is 24.9 Å². The Morgan fingerprint density at radius 3 is 2.68 bits per heavy atom. The van der Waals surface area contributed by atoms with Gasteiger partial charge in [-0.05, 0) is 50.2 Å². The Labute approximate surface area is 115 Å². The van der Waals surface area contributed by atoms with Crippen LogP contribution in [0.2, 0.25) is 0 Å². The molecule has 3 heteroatoms. The Hall–Kier alpha value is -0.960. The van der Waals surface area contributed by atoms with Crippen molar-refractivity contribution in [3.63, 3.8) is 0 Å². The maximum atomic E-state index is 13.2. The molecule has 0 amide bonds. The Bertz CT molecular complexity index is 386. The minimum Gasteiger partial charge on any atom is -0.307 e. The van der Waals surface area contributed by atoms with Gasteiger partial charge in [0.25, 0.3) is 0 Å². The molecule has 1 atom stereocenters. The summed E-state index contributed by atoms with van der Waals surface area (Å²) >= 11 is 0. The van der Waals surface area contributed by atoms with Crippen molar-refractivity contribution in [1.29, 1.82) is 0 Å². The van der Waals surface area contributed by atoms with Crippen molar-refractivity contribution in [1.82, 2.24) is 10.3 Å². The number of hydrogen-bond donors (Lipinski definition) is 1. The van der Waals surface area contributed by atoms with Gasteiger partial charge < -0.3 is 5.32 Å². The van der Waals surface area contributed by atoms with Crippen molar-refractivity contribution < 1.29 is 4.39 Å². The largest absolute Gasteiger partial charge is 0.307 e. The molecule has 0 radical (unpaired) electrons. The summed E-state index contributed by atoms with van der Waals surface area (Å²) in [6.45, 7) is 4.36. The molecule has 2 nitrogen and oxygen atoms in total. The fourth-order valence-electron chi connectivity index (χ4n) is 3.14. The highest BCUT2D eigenvalue weighted by Crippen LogP contribution is 2.29. The van der Waals surface area contributed by atoms with E-state index in [-0.39, 0.29) is 11.9 Å². The van der Waals surface area contributed by atoms with Crippen LogP contribution in [0.15, 0.2) is 18.5 Å². The van der Waals surface area contributed by atoms with Gasteiger partial charge in [0.05, 0.1) is 6.20 Å². The summed E-state index contributed by atoms with van der Waals surface area (Å²) in [5.74, 6) is 0.673. The first-order chi connectivity index (χ1) is 9.19. The lowest BCUT2D eigenvalue weighted by atomic mass is 9.83. The molecule has 19 heavy (non-hydrogen) atoms. The third-order valence-corrected chi connectivity index (χ3v) is 4.26. The molecule has 1 unspecified atom stereocenters. The van der Waals surface area contributed by atoms with Gasteiger partial charge in [-0.1, -0.05) is 19.8 Å². The Kier molecular flexibility index (Phi) is 5.32. The van der Waals surface area contributed by atoms with Gasteiger partial charge in [-0.2, -0.15) is 0 Å². The van der Waals surface area contributed by atoms with Gasteiger partial charge in [-0.25, -0.2) is 4.39 Å². The average Bonchev–Trinajstić information content (AvgIpc) is 2.41. The van der Waals surface area contributed by atoms with Gasteiger partial charge in [0.15, 0.2) is 0 Å². The van der Waals surface area contributed by atoms with E-state index in [0.29, 0.717) is 6.04 Å². The zero-order valence-corrected chi connectivity index (χ0v) is 12.0. The van der Waals surface area contributed by atoms with Crippen LogP contribution in [-0.4, -0.2) is 11.0 Å². The molecule has 0 aromatic carbocycles. The van der Waals surface area contributed by atoms with E-state index in [1.54, 1.807) is 12.3 Å². The molecular weight excluding hydrogens is 239 g/mol. The molecule has 0 spiro atoms. The first-order valence-electron chi connectivity index (χ1n) is 7.55. The van der Waals surface area contributed by atoms with Crippen LogP contribution >= 0.6 is 0 Å². The highest BCUT2D eigenvalue weighted by Gasteiger charge is 2.22. The zero-order chi connectivity index (χ0) is 13.7. The van der Waals surface area contributed by atoms with E-state index in [2.05, 4.69) is 24.1 Å². The third kappa shape index (κ3) is 4.27. The van der Waals surface area contributed by atoms with Crippen molar-refractivity contribution >= 4 is 0 Å². The van der Waals surface area contributed by atoms with Crippen molar-refractivity contribution in [3.8, 4) is 0 Å². The molecule has 0 aliphatic heterocycles. The molecule has 1 heterocycles. The first-order valence-corrected chi connectivity index (χ1v) is 7.55. The summed E-state index contributed by atoms with van der Waals surface area (Å²) in [7, 11) is 0. The zero-order valence-electron chi connectivity index (χ0n) is 12.0. The minimum atomic E-state index is -0.252. The van der Waals surface area contributed by atoms with Crippen molar-refractivity contribution in [2.24, 2.45) is 5.92 Å². The molecule has 1 aliphatic rings. The van der Waals surface area contributed by atoms with Crippen LogP contribution in [-0.2, 0) is 0 Å². The van der Waals surface area contributed by atoms with Crippen LogP contribution in [0.3, 0.4) is 0 Å². The Morgan fingerprint density at radius 1 is 1.32 bits per heavy atom. The molecule has 1 aromatic heterocycles. The highest BCUT2D eigenvalue weighted by molar-refractivity contribution is 5.14. The van der Waals surface area contributed by atoms with E-state index in [1.807, 2.05) is 0 Å². The molecule has 1 aliphatic carbocycles. The predicted octanol–water partition coefficient (Wildman–Crippen LogP) is 4.23. The van der Waals surface area contributed by atoms with E-state index in [0.717, 1.165) is 11.5 Å². The third-order valence-electron chi connectivity index (χ3n) is 4.26. The van der Waals surface area contributed by atoms with Gasteiger partial charge >= 0.3 is 0 Å². The van der Waals surface area contributed by atoms with Crippen molar-refractivity contribution in [2.75, 3.05) is 0 Å². The maximum absolute atomic E-state index is 13.2. The van der Waals surface area contributed by atoms with Crippen LogP contribution in [0.1, 0.15) is 64.0 Å². The Balaban J connectivity index is 1.82. The second-order valence-electron chi connectivity index (χ2n) is 5.83. The maximum Gasteiger partial charge on any atom is 0.141 e. The molecule has 2 rings (SSSR count). The fraction of sp³-hybridized carbons (Fsp3) is 0.688. The molecule has 0 saturated heterocycles. The standard InChI is InChI=1S/C16H25FN2/c1-3-4-13-5-7-16(8-6-13)19-12(2)14-9-15(17)11-18-10-14/h9-13,16,19H,3-8H2,1-2H3. The smallest absolute Gasteiger partial charge is 0.141 e. The highest BCUT2D eigenvalue weighted by atomic mass is 19.1. The summed E-state index contributed by atoms with van der Waals surface area (Å²) in [6.07, 6.45) is 10.8. The molecule has 106 valence electrons. The average molecular weight is 264 g/mol. The van der Waals surface area contributed by atoms with Crippen LogP contribution in [0.25, 0.3) is 0 Å². The lowest BCUT2D eigenvalue weighted by Crippen LogP contribution is -2.35. The van der Waals surface area contributed by atoms with Crippen molar-refractivity contribution in [3.05, 3.63) is 29.8 Å². The minimum absolute atomic E-state index is 0.177. The summed E-state index contributed by atoms with van der Waals surface area (Å²) in [6, 6.07) is 2.33. The number of nitrogens with zero attached hydrogens (tertiary/aromatic N) is 1. The van der Waals surface area contributed by atoms with E-state index < -0.39 is 0 Å². The predicted molar refractivity (Wildman–Crippen MR) is 76.4 cm³/mol. The van der Waals surface area contributed by atoms with Gasteiger partial charge in [-0.15, -0.1) is 0 Å². The second-order valence-corrected chi connectivity index (χ2v) is 5.83. The number of aromatic nitrogens is 1. The van der Waals surface area contributed by atoms with Crippen molar-refractivity contribution in [2.45, 2.75) is 64.5 Å². The SMILES string of the molecule is CCCC1CCC(NC(C)c2cncc(F)c2)CC1. The Morgan fingerprint density at radius 2 is 2.05 bits per heavy atom. The van der Waals surface area contributed by atoms with Gasteiger partial charge in [0.1, 0.15) is 5.82 Å². The lowest BCUT2D eigenvalue weighted by molar-refractivity contribution is 0.266. The van der Waals surface area contributed by atoms with Gasteiger partial charge in [0.2, 0.25) is 0 Å². The summed E-state index contributed by atoms with van der Waals surface area (Å²) in [5, 5.41) is 3.62. The van der Waals surface area contributed by atoms with Crippen LogP contribution in [0.4, 0.5) is 4.39 Å². The molecule has 1 N–H and O–H groups in total. The summed E-state index contributed by atoms with van der Waals surface area (Å²) < 4.78 is 13.2. The van der Waals surface area contributed by atoms with Crippen LogP contribution in [0, 0.1) is 11.7 Å². The number of nitrogens with one attached hydrogen (secondary N) is 1. The van der Waals surface area contributed by atoms with Gasteiger partial charge in [0, 0.05) is 18.3 Å². The van der Waals surface area contributed by atoms with Crippen LogP contribution in [0.5, 0.6) is 0 Å². The number of hydrogen-bond acceptors (Lipinski definition) is 2. The molecule has 1 saturated carbocycles. The second kappa shape index (κ2) is 6.99. The van der Waals surface area contributed by atoms with E-state index >= 15 is 0 Å². The molecule has 0 bridgehead atoms. The molecular formula is C16H25FN2. The normalized spacial score (nSPS) is 25.2. The van der Waals surface area contributed by atoms with E-state index in [9.17, 15) is 4.39 Å². The number of pyridine rings is 1.